The van der Waals surface area contributed by atoms with Crippen molar-refractivity contribution in [1.82, 2.24) is 0 Å². The number of carbonyl (C=O) groups is 1. The fourth-order valence-corrected chi connectivity index (χ4v) is 1.38. The third kappa shape index (κ3) is 4.23. The molecule has 0 saturated carbocycles. The Morgan fingerprint density at radius 1 is 1.11 bits per heavy atom. The molecule has 3 nitrogen and oxygen atoms in total. The fourth-order valence-electron chi connectivity index (χ4n) is 1.38. The monoisotopic (exact) mass is 266 g/mol. The molecule has 0 amide bonds. The van der Waals surface area contributed by atoms with Crippen molar-refractivity contribution >= 4 is 6.29 Å². The highest BCUT2D eigenvalue weighted by atomic mass is 19.3. The molecule has 1 aromatic carbocycles. The molecule has 0 heterocycles. The van der Waals surface area contributed by atoms with Gasteiger partial charge in [0, 0.05) is 6.42 Å². The maximum atomic E-state index is 12.2. The predicted molar refractivity (Wildman–Crippen MR) is 54.1 cm³/mol. The molecule has 0 spiro atoms. The molecule has 1 rings (SSSR count). The first-order chi connectivity index (χ1) is 8.54. The van der Waals surface area contributed by atoms with E-state index in [2.05, 4.69) is 9.47 Å². The van der Waals surface area contributed by atoms with E-state index in [0.717, 1.165) is 6.07 Å². The minimum absolute atomic E-state index is 0.0672. The van der Waals surface area contributed by atoms with Crippen LogP contribution in [0.25, 0.3) is 0 Å². The maximum Gasteiger partial charge on any atom is 0.387 e. The maximum absolute atomic E-state index is 12.2. The standard InChI is InChI=1S/C11H10F4O3/c12-10(13)17-8-5-1-3-7(4-2-6-16)9(8)18-11(14)15/h1,3,5-6,10-11H,2,4H2. The first kappa shape index (κ1) is 14.3. The van der Waals surface area contributed by atoms with E-state index in [1.54, 1.807) is 0 Å². The van der Waals surface area contributed by atoms with Crippen molar-refractivity contribution in [1.29, 1.82) is 0 Å². The second-order valence-electron chi connectivity index (χ2n) is 3.21. The van der Waals surface area contributed by atoms with E-state index in [9.17, 15) is 22.4 Å². The summed E-state index contributed by atoms with van der Waals surface area (Å²) in [5, 5.41) is 0. The minimum Gasteiger partial charge on any atom is -0.431 e. The van der Waals surface area contributed by atoms with Crippen molar-refractivity contribution in [3.8, 4) is 11.5 Å². The molecule has 0 bridgehead atoms. The average molecular weight is 266 g/mol. The number of ether oxygens (including phenoxy) is 2. The number of rotatable bonds is 7. The number of halogens is 4. The molecule has 100 valence electrons. The van der Waals surface area contributed by atoms with Crippen molar-refractivity contribution in [3.63, 3.8) is 0 Å². The van der Waals surface area contributed by atoms with Gasteiger partial charge in [0.25, 0.3) is 0 Å². The van der Waals surface area contributed by atoms with Crippen LogP contribution >= 0.6 is 0 Å². The van der Waals surface area contributed by atoms with E-state index < -0.39 is 24.7 Å². The van der Waals surface area contributed by atoms with Crippen molar-refractivity contribution < 1.29 is 31.8 Å². The number of aldehydes is 1. The van der Waals surface area contributed by atoms with Gasteiger partial charge in [0.1, 0.15) is 6.29 Å². The predicted octanol–water partition coefficient (Wildman–Crippen LogP) is 3.02. The molecule has 0 N–H and O–H groups in total. The number of carbonyl (C=O) groups excluding carboxylic acids is 1. The summed E-state index contributed by atoms with van der Waals surface area (Å²) < 4.78 is 56.9. The Kier molecular flexibility index (Phi) is 5.41. The number of hydrogen-bond acceptors (Lipinski definition) is 3. The summed E-state index contributed by atoms with van der Waals surface area (Å²) in [5.74, 6) is -0.941. The Bertz CT molecular complexity index is 396. The van der Waals surface area contributed by atoms with Crippen LogP contribution in [-0.4, -0.2) is 19.5 Å². The molecule has 0 radical (unpaired) electrons. The SMILES string of the molecule is O=CCCc1cccc(OC(F)F)c1OC(F)F. The van der Waals surface area contributed by atoms with E-state index in [0.29, 0.717) is 6.29 Å². The summed E-state index contributed by atoms with van der Waals surface area (Å²) in [6.07, 6.45) is 0.760. The Labute approximate surface area is 100 Å². The molecule has 0 saturated heterocycles. The molecular formula is C11H10F4O3. The van der Waals surface area contributed by atoms with Gasteiger partial charge in [-0.2, -0.15) is 17.6 Å². The van der Waals surface area contributed by atoms with Crippen LogP contribution in [0.1, 0.15) is 12.0 Å². The molecule has 7 heteroatoms. The lowest BCUT2D eigenvalue weighted by Gasteiger charge is -2.14. The second kappa shape index (κ2) is 6.83. The van der Waals surface area contributed by atoms with Gasteiger partial charge in [-0.25, -0.2) is 0 Å². The highest BCUT2D eigenvalue weighted by Gasteiger charge is 2.17. The van der Waals surface area contributed by atoms with E-state index in [1.807, 2.05) is 0 Å². The molecule has 0 aromatic heterocycles. The van der Waals surface area contributed by atoms with Crippen LogP contribution < -0.4 is 9.47 Å². The summed E-state index contributed by atoms with van der Waals surface area (Å²) in [4.78, 5) is 10.2. The number of hydrogen-bond donors (Lipinski definition) is 0. The highest BCUT2D eigenvalue weighted by Crippen LogP contribution is 2.34. The summed E-state index contributed by atoms with van der Waals surface area (Å²) in [7, 11) is 0. The van der Waals surface area contributed by atoms with E-state index in [-0.39, 0.29) is 18.4 Å². The summed E-state index contributed by atoms with van der Waals surface area (Å²) in [5.41, 5.74) is 0.209. The van der Waals surface area contributed by atoms with E-state index in [4.69, 9.17) is 0 Å². The Morgan fingerprint density at radius 2 is 1.78 bits per heavy atom. The van der Waals surface area contributed by atoms with Gasteiger partial charge in [-0.05, 0) is 18.1 Å². The zero-order valence-electron chi connectivity index (χ0n) is 9.11. The fraction of sp³-hybridized carbons (Fsp3) is 0.364. The van der Waals surface area contributed by atoms with Crippen LogP contribution in [0.3, 0.4) is 0 Å². The summed E-state index contributed by atoms with van der Waals surface area (Å²) in [6, 6.07) is 3.85. The molecular weight excluding hydrogens is 256 g/mol. The number of benzene rings is 1. The Hall–Kier alpha value is -1.79. The third-order valence-electron chi connectivity index (χ3n) is 2.01. The first-order valence-electron chi connectivity index (χ1n) is 4.99. The molecule has 0 atom stereocenters. The van der Waals surface area contributed by atoms with E-state index in [1.165, 1.54) is 12.1 Å². The second-order valence-corrected chi connectivity index (χ2v) is 3.21. The Morgan fingerprint density at radius 3 is 2.33 bits per heavy atom. The van der Waals surface area contributed by atoms with Crippen LogP contribution in [0.15, 0.2) is 18.2 Å². The van der Waals surface area contributed by atoms with Crippen LogP contribution in [-0.2, 0) is 11.2 Å². The molecule has 0 aliphatic heterocycles. The molecule has 0 aliphatic carbocycles. The van der Waals surface area contributed by atoms with Gasteiger partial charge >= 0.3 is 13.2 Å². The quantitative estimate of drug-likeness (QED) is 0.562. The lowest BCUT2D eigenvalue weighted by molar-refractivity contribution is -0.107. The largest absolute Gasteiger partial charge is 0.431 e. The van der Waals surface area contributed by atoms with Crippen LogP contribution in [0, 0.1) is 0 Å². The van der Waals surface area contributed by atoms with Crippen LogP contribution in [0.2, 0.25) is 0 Å². The smallest absolute Gasteiger partial charge is 0.387 e. The van der Waals surface area contributed by atoms with Gasteiger partial charge < -0.3 is 14.3 Å². The number of alkyl halides is 4. The zero-order valence-corrected chi connectivity index (χ0v) is 9.11. The molecule has 1 aromatic rings. The molecule has 0 aliphatic rings. The topological polar surface area (TPSA) is 35.5 Å². The molecule has 18 heavy (non-hydrogen) atoms. The Balaban J connectivity index is 3.03. The number of aryl methyl sites for hydroxylation is 1. The molecule has 0 unspecified atom stereocenters. The average Bonchev–Trinajstić information content (AvgIpc) is 2.28. The summed E-state index contributed by atoms with van der Waals surface area (Å²) >= 11 is 0. The van der Waals surface area contributed by atoms with Gasteiger partial charge in [0.2, 0.25) is 0 Å². The minimum atomic E-state index is -3.16. The summed E-state index contributed by atoms with van der Waals surface area (Å²) in [6.45, 7) is -6.31. The normalized spacial score (nSPS) is 10.8. The number of para-hydroxylation sites is 1. The molecule has 0 fully saturated rings. The first-order valence-corrected chi connectivity index (χ1v) is 4.99. The van der Waals surface area contributed by atoms with E-state index >= 15 is 0 Å². The van der Waals surface area contributed by atoms with Crippen molar-refractivity contribution in [3.05, 3.63) is 23.8 Å². The van der Waals surface area contributed by atoms with Gasteiger partial charge in [-0.15, -0.1) is 0 Å². The van der Waals surface area contributed by atoms with Crippen molar-refractivity contribution in [2.45, 2.75) is 26.1 Å². The van der Waals surface area contributed by atoms with Gasteiger partial charge in [-0.1, -0.05) is 12.1 Å². The zero-order chi connectivity index (χ0) is 13.5. The lowest BCUT2D eigenvalue weighted by Crippen LogP contribution is -2.09. The lowest BCUT2D eigenvalue weighted by atomic mass is 10.1. The highest BCUT2D eigenvalue weighted by molar-refractivity contribution is 5.53. The van der Waals surface area contributed by atoms with Crippen LogP contribution in [0.4, 0.5) is 17.6 Å². The van der Waals surface area contributed by atoms with Gasteiger partial charge in [-0.3, -0.25) is 0 Å². The van der Waals surface area contributed by atoms with Gasteiger partial charge in [0.05, 0.1) is 0 Å². The van der Waals surface area contributed by atoms with Crippen molar-refractivity contribution in [2.75, 3.05) is 0 Å². The van der Waals surface area contributed by atoms with Crippen molar-refractivity contribution in [2.24, 2.45) is 0 Å². The van der Waals surface area contributed by atoms with Crippen LogP contribution in [0.5, 0.6) is 11.5 Å². The third-order valence-corrected chi connectivity index (χ3v) is 2.01. The van der Waals surface area contributed by atoms with Gasteiger partial charge in [0.15, 0.2) is 11.5 Å².